The van der Waals surface area contributed by atoms with Crippen LogP contribution >= 0.6 is 15.9 Å². The van der Waals surface area contributed by atoms with Crippen LogP contribution in [-0.4, -0.2) is 43.4 Å². The fourth-order valence-electron chi connectivity index (χ4n) is 2.71. The van der Waals surface area contributed by atoms with Crippen molar-refractivity contribution in [1.82, 2.24) is 10.2 Å². The number of hydrogen-bond donors (Lipinski definition) is 2. The average Bonchev–Trinajstić information content (AvgIpc) is 2.84. The van der Waals surface area contributed by atoms with E-state index >= 15 is 0 Å². The van der Waals surface area contributed by atoms with Crippen molar-refractivity contribution < 1.29 is 4.79 Å². The quantitative estimate of drug-likeness (QED) is 0.625. The summed E-state index contributed by atoms with van der Waals surface area (Å²) in [7, 11) is 1.75. The number of benzene rings is 1. The maximum Gasteiger partial charge on any atom is 0.243 e. The molecule has 1 heterocycles. The van der Waals surface area contributed by atoms with Gasteiger partial charge in [-0.05, 0) is 36.5 Å². The van der Waals surface area contributed by atoms with Crippen molar-refractivity contribution in [3.8, 4) is 0 Å². The van der Waals surface area contributed by atoms with Gasteiger partial charge >= 0.3 is 0 Å². The monoisotopic (exact) mass is 380 g/mol. The number of guanidine groups is 1. The molecule has 1 aromatic carbocycles. The van der Waals surface area contributed by atoms with E-state index in [1.54, 1.807) is 7.05 Å². The summed E-state index contributed by atoms with van der Waals surface area (Å²) in [5.74, 6) is 0.711. The van der Waals surface area contributed by atoms with Gasteiger partial charge in [-0.3, -0.25) is 9.79 Å². The number of likely N-dealkylation sites (tertiary alicyclic amines) is 1. The van der Waals surface area contributed by atoms with Gasteiger partial charge in [-0.1, -0.05) is 35.8 Å². The van der Waals surface area contributed by atoms with Crippen molar-refractivity contribution in [2.75, 3.05) is 32.0 Å². The summed E-state index contributed by atoms with van der Waals surface area (Å²) in [6, 6.07) is 5.84. The Morgan fingerprint density at radius 3 is 2.78 bits per heavy atom. The molecule has 0 radical (unpaired) electrons. The van der Waals surface area contributed by atoms with E-state index in [9.17, 15) is 4.79 Å². The van der Waals surface area contributed by atoms with Crippen LogP contribution in [0.1, 0.15) is 25.8 Å². The van der Waals surface area contributed by atoms with E-state index in [0.29, 0.717) is 5.41 Å². The lowest BCUT2D eigenvalue weighted by atomic mass is 9.93. The minimum atomic E-state index is -0.0780. The first-order valence-electron chi connectivity index (χ1n) is 7.82. The van der Waals surface area contributed by atoms with E-state index in [-0.39, 0.29) is 12.5 Å². The van der Waals surface area contributed by atoms with Gasteiger partial charge in [0.25, 0.3) is 0 Å². The largest absolute Gasteiger partial charge is 0.347 e. The predicted octanol–water partition coefficient (Wildman–Crippen LogP) is 3.00. The van der Waals surface area contributed by atoms with Gasteiger partial charge in [0.1, 0.15) is 0 Å². The topological polar surface area (TPSA) is 56.7 Å². The maximum atomic E-state index is 12.2. The van der Waals surface area contributed by atoms with Crippen molar-refractivity contribution in [3.63, 3.8) is 0 Å². The summed E-state index contributed by atoms with van der Waals surface area (Å²) in [5, 5.41) is 6.09. The number of rotatable bonds is 3. The van der Waals surface area contributed by atoms with Crippen LogP contribution in [0, 0.1) is 12.3 Å². The van der Waals surface area contributed by atoms with Gasteiger partial charge in [-0.15, -0.1) is 0 Å². The van der Waals surface area contributed by atoms with Crippen LogP contribution < -0.4 is 10.6 Å². The summed E-state index contributed by atoms with van der Waals surface area (Å²) in [6.07, 6.45) is 1.14. The van der Waals surface area contributed by atoms with Crippen molar-refractivity contribution in [1.29, 1.82) is 0 Å². The van der Waals surface area contributed by atoms with Crippen LogP contribution in [0.15, 0.2) is 27.7 Å². The smallest absolute Gasteiger partial charge is 0.243 e. The molecule has 0 bridgehead atoms. The molecule has 1 amide bonds. The number of carbonyl (C=O) groups is 1. The van der Waals surface area contributed by atoms with Crippen LogP contribution in [0.3, 0.4) is 0 Å². The zero-order valence-corrected chi connectivity index (χ0v) is 15.8. The zero-order chi connectivity index (χ0) is 17.0. The lowest BCUT2D eigenvalue weighted by Crippen LogP contribution is -2.43. The van der Waals surface area contributed by atoms with E-state index in [4.69, 9.17) is 0 Å². The van der Waals surface area contributed by atoms with E-state index in [1.165, 1.54) is 0 Å². The molecule has 0 aromatic heterocycles. The number of anilines is 1. The van der Waals surface area contributed by atoms with Crippen LogP contribution in [0.5, 0.6) is 0 Å². The van der Waals surface area contributed by atoms with Crippen molar-refractivity contribution in [2.24, 2.45) is 10.4 Å². The second kappa shape index (κ2) is 7.34. The zero-order valence-electron chi connectivity index (χ0n) is 14.2. The Labute approximate surface area is 146 Å². The number of carbonyl (C=O) groups excluding carboxylic acids is 1. The Balaban J connectivity index is 1.89. The molecule has 1 fully saturated rings. The highest BCUT2D eigenvalue weighted by Gasteiger charge is 2.30. The molecular weight excluding hydrogens is 356 g/mol. The number of hydrogen-bond acceptors (Lipinski definition) is 2. The van der Waals surface area contributed by atoms with E-state index in [0.717, 1.165) is 41.2 Å². The molecule has 1 aromatic rings. The summed E-state index contributed by atoms with van der Waals surface area (Å²) in [6.45, 7) is 8.61. The Bertz CT molecular complexity index is 613. The number of halogens is 1. The fraction of sp³-hybridized carbons (Fsp3) is 0.529. The Hall–Kier alpha value is -1.56. The predicted molar refractivity (Wildman–Crippen MR) is 98.8 cm³/mol. The lowest BCUT2D eigenvalue weighted by molar-refractivity contribution is -0.115. The van der Waals surface area contributed by atoms with Crippen molar-refractivity contribution >= 4 is 33.5 Å². The van der Waals surface area contributed by atoms with Gasteiger partial charge in [0.05, 0.1) is 6.54 Å². The third kappa shape index (κ3) is 4.96. The Morgan fingerprint density at radius 1 is 1.43 bits per heavy atom. The third-order valence-corrected chi connectivity index (χ3v) is 4.56. The van der Waals surface area contributed by atoms with Crippen LogP contribution in [0.25, 0.3) is 0 Å². The molecule has 23 heavy (non-hydrogen) atoms. The highest BCUT2D eigenvalue weighted by Crippen LogP contribution is 2.28. The first kappa shape index (κ1) is 17.8. The molecule has 1 aliphatic heterocycles. The molecule has 2 rings (SSSR count). The highest BCUT2D eigenvalue weighted by molar-refractivity contribution is 9.10. The number of nitrogens with one attached hydrogen (secondary N) is 2. The normalized spacial score (nSPS) is 17.3. The van der Waals surface area contributed by atoms with Gasteiger partial charge in [-0.25, -0.2) is 0 Å². The molecule has 1 aliphatic rings. The van der Waals surface area contributed by atoms with Crippen LogP contribution in [-0.2, 0) is 4.79 Å². The van der Waals surface area contributed by atoms with Gasteiger partial charge in [-0.2, -0.15) is 0 Å². The fourth-order valence-corrected chi connectivity index (χ4v) is 3.07. The minimum Gasteiger partial charge on any atom is -0.347 e. The molecule has 6 heteroatoms. The number of amides is 1. The average molecular weight is 381 g/mol. The van der Waals surface area contributed by atoms with E-state index < -0.39 is 0 Å². The summed E-state index contributed by atoms with van der Waals surface area (Å²) >= 11 is 3.42. The first-order valence-corrected chi connectivity index (χ1v) is 8.62. The Kier molecular flexibility index (Phi) is 5.68. The third-order valence-electron chi connectivity index (χ3n) is 4.07. The molecular formula is C17H25BrN4O. The minimum absolute atomic E-state index is 0.0780. The molecule has 2 N–H and O–H groups in total. The maximum absolute atomic E-state index is 12.2. The van der Waals surface area contributed by atoms with E-state index in [1.807, 2.05) is 25.1 Å². The summed E-state index contributed by atoms with van der Waals surface area (Å²) < 4.78 is 0.946. The van der Waals surface area contributed by atoms with Crippen LogP contribution in [0.4, 0.5) is 5.69 Å². The van der Waals surface area contributed by atoms with Crippen molar-refractivity contribution in [3.05, 3.63) is 28.2 Å². The lowest BCUT2D eigenvalue weighted by Gasteiger charge is -2.23. The van der Waals surface area contributed by atoms with Gasteiger partial charge in [0, 0.05) is 30.3 Å². The highest BCUT2D eigenvalue weighted by atomic mass is 79.9. The number of aliphatic imine (C=N–C) groups is 1. The molecule has 0 atom stereocenters. The molecule has 126 valence electrons. The molecule has 5 nitrogen and oxygen atoms in total. The molecule has 0 saturated carbocycles. The van der Waals surface area contributed by atoms with Gasteiger partial charge < -0.3 is 15.5 Å². The number of aryl methyl sites for hydroxylation is 1. The second-order valence-corrected chi connectivity index (χ2v) is 7.66. The van der Waals surface area contributed by atoms with E-state index in [2.05, 4.69) is 50.3 Å². The summed E-state index contributed by atoms with van der Waals surface area (Å²) in [5.41, 5.74) is 2.16. The second-order valence-electron chi connectivity index (χ2n) is 6.74. The standard InChI is InChI=1S/C17H25BrN4O/c1-12-5-6-13(18)9-14(12)21-15(23)10-20-16(19-4)22-8-7-17(2,3)11-22/h5-6,9H,7-8,10-11H2,1-4H3,(H,19,20)(H,21,23). The SMILES string of the molecule is CN=C(NCC(=O)Nc1cc(Br)ccc1C)N1CCC(C)(C)C1. The summed E-state index contributed by atoms with van der Waals surface area (Å²) in [4.78, 5) is 18.7. The van der Waals surface area contributed by atoms with Gasteiger partial charge in [0.15, 0.2) is 5.96 Å². The molecule has 1 saturated heterocycles. The van der Waals surface area contributed by atoms with Crippen molar-refractivity contribution in [2.45, 2.75) is 27.2 Å². The Morgan fingerprint density at radius 2 is 2.17 bits per heavy atom. The molecule has 0 unspecified atom stereocenters. The molecule has 0 aliphatic carbocycles. The molecule has 0 spiro atoms. The van der Waals surface area contributed by atoms with Gasteiger partial charge in [0.2, 0.25) is 5.91 Å². The first-order chi connectivity index (χ1) is 10.8. The van der Waals surface area contributed by atoms with Crippen LogP contribution in [0.2, 0.25) is 0 Å². The number of nitrogens with zero attached hydrogens (tertiary/aromatic N) is 2.